The van der Waals surface area contributed by atoms with Crippen LogP contribution < -0.4 is 11.1 Å². The van der Waals surface area contributed by atoms with Gasteiger partial charge >= 0.3 is 0 Å². The smallest absolute Gasteiger partial charge is 0.241 e. The molecule has 0 aliphatic rings. The lowest BCUT2D eigenvalue weighted by atomic mass is 10.1. The monoisotopic (exact) mass is 408 g/mol. The minimum absolute atomic E-state index is 0.123. The van der Waals surface area contributed by atoms with E-state index in [0.29, 0.717) is 19.0 Å². The van der Waals surface area contributed by atoms with Crippen LogP contribution in [-0.4, -0.2) is 45.9 Å². The third kappa shape index (κ3) is 4.25. The largest absolute Gasteiger partial charge is 0.383 e. The van der Waals surface area contributed by atoms with E-state index in [1.807, 2.05) is 36.5 Å². The molecule has 3 N–H and O–H groups in total. The highest BCUT2D eigenvalue weighted by molar-refractivity contribution is 7.21. The first-order valence-electron chi connectivity index (χ1n) is 9.04. The van der Waals surface area contributed by atoms with E-state index in [1.165, 1.54) is 0 Å². The third-order valence-corrected chi connectivity index (χ3v) is 5.41. The average molecular weight is 408 g/mol. The molecule has 0 saturated heterocycles. The number of methoxy groups -OCH3 is 1. The van der Waals surface area contributed by atoms with E-state index in [-0.39, 0.29) is 12.5 Å². The number of thiazole rings is 1. The Balaban J connectivity index is 1.56. The van der Waals surface area contributed by atoms with Crippen LogP contribution in [0.1, 0.15) is 0 Å². The highest BCUT2D eigenvalue weighted by atomic mass is 32.1. The normalized spacial score (nSPS) is 11.1. The number of hydrogen-bond donors (Lipinski definition) is 2. The molecule has 0 atom stereocenters. The predicted molar refractivity (Wildman–Crippen MR) is 113 cm³/mol. The number of carbonyl (C=O) groups is 1. The summed E-state index contributed by atoms with van der Waals surface area (Å²) in [6, 6.07) is 9.92. The van der Waals surface area contributed by atoms with E-state index in [0.717, 1.165) is 31.9 Å². The Hall–Kier alpha value is -3.30. The molecule has 1 amide bonds. The van der Waals surface area contributed by atoms with Crippen LogP contribution in [0.2, 0.25) is 0 Å². The maximum Gasteiger partial charge on any atom is 0.241 e. The van der Waals surface area contributed by atoms with Crippen molar-refractivity contribution in [2.75, 3.05) is 26.0 Å². The van der Waals surface area contributed by atoms with Gasteiger partial charge in [0.1, 0.15) is 17.4 Å². The molecule has 4 aromatic rings. The zero-order chi connectivity index (χ0) is 20.2. The third-order valence-electron chi connectivity index (χ3n) is 4.34. The zero-order valence-electron chi connectivity index (χ0n) is 15.8. The molecule has 3 aromatic heterocycles. The van der Waals surface area contributed by atoms with Gasteiger partial charge in [-0.15, -0.1) is 11.3 Å². The predicted octanol–water partition coefficient (Wildman–Crippen LogP) is 2.57. The molecule has 0 fully saturated rings. The van der Waals surface area contributed by atoms with Crippen molar-refractivity contribution in [1.82, 2.24) is 25.1 Å². The summed E-state index contributed by atoms with van der Waals surface area (Å²) in [6.45, 7) is 1.08. The summed E-state index contributed by atoms with van der Waals surface area (Å²) in [5.74, 6) is 0.306. The van der Waals surface area contributed by atoms with E-state index in [2.05, 4.69) is 20.4 Å². The topological polar surface area (TPSA) is 108 Å². The minimum atomic E-state index is -0.123. The van der Waals surface area contributed by atoms with Crippen molar-refractivity contribution < 1.29 is 9.53 Å². The lowest BCUT2D eigenvalue weighted by Gasteiger charge is -2.05. The van der Waals surface area contributed by atoms with Crippen LogP contribution in [0, 0.1) is 0 Å². The van der Waals surface area contributed by atoms with Gasteiger partial charge in [-0.05, 0) is 18.2 Å². The summed E-state index contributed by atoms with van der Waals surface area (Å²) in [5, 5.41) is 7.87. The summed E-state index contributed by atoms with van der Waals surface area (Å²) in [4.78, 5) is 20.9. The van der Waals surface area contributed by atoms with Crippen LogP contribution in [0.25, 0.3) is 31.9 Å². The molecule has 0 aliphatic carbocycles. The van der Waals surface area contributed by atoms with Crippen molar-refractivity contribution in [3.8, 4) is 21.7 Å². The number of nitrogen functional groups attached to an aromatic ring is 1. The number of fused-ring (bicyclic) bond motifs is 1. The molecule has 148 valence electrons. The summed E-state index contributed by atoms with van der Waals surface area (Å²) < 4.78 is 7.61. The maximum atomic E-state index is 11.9. The molecular weight excluding hydrogens is 388 g/mol. The van der Waals surface area contributed by atoms with Gasteiger partial charge in [0.05, 0.1) is 28.6 Å². The second kappa shape index (κ2) is 8.38. The van der Waals surface area contributed by atoms with Crippen LogP contribution >= 0.6 is 11.3 Å². The van der Waals surface area contributed by atoms with Crippen LogP contribution in [0.5, 0.6) is 0 Å². The number of hydrogen-bond acceptors (Lipinski definition) is 7. The number of para-hydroxylation sites is 1. The van der Waals surface area contributed by atoms with Gasteiger partial charge in [0, 0.05) is 37.2 Å². The lowest BCUT2D eigenvalue weighted by molar-refractivity contribution is -0.122. The number of benzene rings is 1. The number of aromatic nitrogens is 4. The number of ether oxygens (including phenoxy) is 1. The van der Waals surface area contributed by atoms with E-state index in [4.69, 9.17) is 10.5 Å². The highest BCUT2D eigenvalue weighted by Crippen LogP contribution is 2.34. The van der Waals surface area contributed by atoms with Crippen molar-refractivity contribution >= 4 is 33.3 Å². The molecule has 3 heterocycles. The summed E-state index contributed by atoms with van der Waals surface area (Å²) in [6.07, 6.45) is 5.22. The van der Waals surface area contributed by atoms with Gasteiger partial charge in [-0.3, -0.25) is 9.48 Å². The van der Waals surface area contributed by atoms with Crippen LogP contribution in [0.15, 0.2) is 48.9 Å². The Morgan fingerprint density at radius 2 is 2.14 bits per heavy atom. The standard InChI is InChI=1S/C20H20N6O2S/c1-28-7-6-22-18(27)12-26-11-14(10-24-26)13-8-15(19(21)23-9-13)20-25-16-4-2-3-5-17(16)29-20/h2-5,8-11H,6-7,12H2,1H3,(H2,21,23)(H,22,27). The number of amides is 1. The number of carbonyl (C=O) groups excluding carboxylic acids is 1. The quantitative estimate of drug-likeness (QED) is 0.455. The summed E-state index contributed by atoms with van der Waals surface area (Å²) >= 11 is 1.58. The average Bonchev–Trinajstić information content (AvgIpc) is 3.35. The Morgan fingerprint density at radius 1 is 1.28 bits per heavy atom. The van der Waals surface area contributed by atoms with E-state index < -0.39 is 0 Å². The summed E-state index contributed by atoms with van der Waals surface area (Å²) in [5.41, 5.74) is 9.55. The molecule has 0 bridgehead atoms. The van der Waals surface area contributed by atoms with Crippen LogP contribution in [0.4, 0.5) is 5.82 Å². The minimum Gasteiger partial charge on any atom is -0.383 e. The van der Waals surface area contributed by atoms with Gasteiger partial charge in [-0.2, -0.15) is 5.10 Å². The molecule has 29 heavy (non-hydrogen) atoms. The highest BCUT2D eigenvalue weighted by Gasteiger charge is 2.13. The number of pyridine rings is 1. The van der Waals surface area contributed by atoms with Crippen LogP contribution in [-0.2, 0) is 16.1 Å². The Morgan fingerprint density at radius 3 is 2.97 bits per heavy atom. The number of nitrogens with two attached hydrogens (primary N) is 1. The Bertz CT molecular complexity index is 1120. The fraction of sp³-hybridized carbons (Fsp3) is 0.200. The number of nitrogens with zero attached hydrogens (tertiary/aromatic N) is 4. The fourth-order valence-corrected chi connectivity index (χ4v) is 3.88. The molecule has 4 rings (SSSR count). The molecule has 0 saturated carbocycles. The molecule has 0 radical (unpaired) electrons. The molecule has 9 heteroatoms. The van der Waals surface area contributed by atoms with Gasteiger partial charge in [0.2, 0.25) is 5.91 Å². The first-order chi connectivity index (χ1) is 14.1. The molecule has 8 nitrogen and oxygen atoms in total. The van der Waals surface area contributed by atoms with Crippen molar-refractivity contribution in [3.63, 3.8) is 0 Å². The second-order valence-corrected chi connectivity index (χ2v) is 7.44. The molecular formula is C20H20N6O2S. The van der Waals surface area contributed by atoms with E-state index >= 15 is 0 Å². The lowest BCUT2D eigenvalue weighted by Crippen LogP contribution is -2.30. The van der Waals surface area contributed by atoms with Crippen molar-refractivity contribution in [2.24, 2.45) is 0 Å². The van der Waals surface area contributed by atoms with E-state index in [1.54, 1.807) is 35.5 Å². The Labute approximate surface area is 171 Å². The first-order valence-corrected chi connectivity index (χ1v) is 9.85. The maximum absolute atomic E-state index is 11.9. The SMILES string of the molecule is COCCNC(=O)Cn1cc(-c2cnc(N)c(-c3nc4ccccc4s3)c2)cn1. The zero-order valence-corrected chi connectivity index (χ0v) is 16.6. The number of anilines is 1. The van der Waals surface area contributed by atoms with Crippen molar-refractivity contribution in [1.29, 1.82) is 0 Å². The van der Waals surface area contributed by atoms with E-state index in [9.17, 15) is 4.79 Å². The summed E-state index contributed by atoms with van der Waals surface area (Å²) in [7, 11) is 1.59. The first kappa shape index (κ1) is 19.0. The number of rotatable bonds is 7. The Kier molecular flexibility index (Phi) is 5.50. The fourth-order valence-electron chi connectivity index (χ4n) is 2.89. The van der Waals surface area contributed by atoms with Gasteiger partial charge < -0.3 is 15.8 Å². The molecule has 0 spiro atoms. The van der Waals surface area contributed by atoms with Crippen molar-refractivity contribution in [3.05, 3.63) is 48.9 Å². The van der Waals surface area contributed by atoms with Crippen molar-refractivity contribution in [2.45, 2.75) is 6.54 Å². The second-order valence-electron chi connectivity index (χ2n) is 6.41. The van der Waals surface area contributed by atoms with Gasteiger partial charge in [-0.1, -0.05) is 12.1 Å². The van der Waals surface area contributed by atoms with Gasteiger partial charge in [0.25, 0.3) is 0 Å². The molecule has 0 aliphatic heterocycles. The van der Waals surface area contributed by atoms with Gasteiger partial charge in [-0.25, -0.2) is 9.97 Å². The number of nitrogens with one attached hydrogen (secondary N) is 1. The van der Waals surface area contributed by atoms with Crippen LogP contribution in [0.3, 0.4) is 0 Å². The van der Waals surface area contributed by atoms with Gasteiger partial charge in [0.15, 0.2) is 0 Å². The molecule has 0 unspecified atom stereocenters. The molecule has 1 aromatic carbocycles.